The first-order valence-electron chi connectivity index (χ1n) is 9.05. The molecule has 25 heavy (non-hydrogen) atoms. The van der Waals surface area contributed by atoms with Gasteiger partial charge in [0.1, 0.15) is 5.82 Å². The minimum Gasteiger partial charge on any atom is -0.550 e. The van der Waals surface area contributed by atoms with Crippen LogP contribution in [0.2, 0.25) is 0 Å². The highest BCUT2D eigenvalue weighted by molar-refractivity contribution is 5.86. The quantitative estimate of drug-likeness (QED) is 0.816. The standard InChI is InChI=1S/C19H23FN2O3/c20-14-3-5-15(6-4-14)21-7-9-22(10-8-21)18(23)16-12-1-2-13(11-12)17(16)19(24)25/h3-6,12-13,16-17H,1-2,7-11H2,(H,24,25)/p-1/t12-,13-,16+,17+/m1/s1. The predicted molar refractivity (Wildman–Crippen MR) is 88.0 cm³/mol. The summed E-state index contributed by atoms with van der Waals surface area (Å²) in [5, 5.41) is 11.5. The van der Waals surface area contributed by atoms with Crippen LogP contribution in [0.15, 0.2) is 24.3 Å². The number of carbonyl (C=O) groups is 2. The third-order valence-electron chi connectivity index (χ3n) is 6.26. The number of nitrogens with zero attached hydrogens (tertiary/aromatic N) is 2. The summed E-state index contributed by atoms with van der Waals surface area (Å²) in [6.07, 6.45) is 2.72. The number of fused-ring (bicyclic) bond motifs is 2. The van der Waals surface area contributed by atoms with Gasteiger partial charge in [-0.25, -0.2) is 4.39 Å². The highest BCUT2D eigenvalue weighted by atomic mass is 19.1. The Hall–Kier alpha value is -2.11. The van der Waals surface area contributed by atoms with Gasteiger partial charge in [-0.2, -0.15) is 0 Å². The highest BCUT2D eigenvalue weighted by Crippen LogP contribution is 2.52. The summed E-state index contributed by atoms with van der Waals surface area (Å²) in [4.78, 5) is 28.4. The van der Waals surface area contributed by atoms with Gasteiger partial charge in [0, 0.05) is 49.7 Å². The average Bonchev–Trinajstić information content (AvgIpc) is 3.23. The van der Waals surface area contributed by atoms with Gasteiger partial charge in [-0.15, -0.1) is 0 Å². The molecule has 0 unspecified atom stereocenters. The van der Waals surface area contributed by atoms with E-state index in [4.69, 9.17) is 0 Å². The van der Waals surface area contributed by atoms with E-state index < -0.39 is 17.8 Å². The molecule has 0 N–H and O–H groups in total. The molecule has 1 heterocycles. The van der Waals surface area contributed by atoms with E-state index in [1.807, 2.05) is 0 Å². The first kappa shape index (κ1) is 16.4. The Labute approximate surface area is 146 Å². The smallest absolute Gasteiger partial charge is 0.226 e. The molecule has 0 radical (unpaired) electrons. The van der Waals surface area contributed by atoms with Gasteiger partial charge in [-0.05, 0) is 55.4 Å². The zero-order chi connectivity index (χ0) is 17.6. The number of halogens is 1. The topological polar surface area (TPSA) is 63.7 Å². The minimum absolute atomic E-state index is 0.0137. The molecule has 6 heteroatoms. The van der Waals surface area contributed by atoms with Gasteiger partial charge in [-0.1, -0.05) is 0 Å². The van der Waals surface area contributed by atoms with Crippen molar-refractivity contribution >= 4 is 17.6 Å². The van der Waals surface area contributed by atoms with Crippen LogP contribution in [0.25, 0.3) is 0 Å². The van der Waals surface area contributed by atoms with E-state index in [0.717, 1.165) is 24.9 Å². The van der Waals surface area contributed by atoms with Crippen LogP contribution in [0.1, 0.15) is 19.3 Å². The van der Waals surface area contributed by atoms with Gasteiger partial charge < -0.3 is 19.7 Å². The second-order valence-corrected chi connectivity index (χ2v) is 7.49. The molecule has 1 aliphatic heterocycles. The molecule has 1 amide bonds. The number of hydrogen-bond acceptors (Lipinski definition) is 4. The van der Waals surface area contributed by atoms with Gasteiger partial charge in [0.25, 0.3) is 0 Å². The number of hydrogen-bond donors (Lipinski definition) is 0. The summed E-state index contributed by atoms with van der Waals surface area (Å²) in [5.74, 6) is -2.03. The number of anilines is 1. The van der Waals surface area contributed by atoms with Crippen molar-refractivity contribution in [1.82, 2.24) is 4.90 Å². The lowest BCUT2D eigenvalue weighted by Gasteiger charge is -2.40. The number of amides is 1. The first-order valence-corrected chi connectivity index (χ1v) is 9.05. The van der Waals surface area contributed by atoms with Crippen LogP contribution in [-0.2, 0) is 9.59 Å². The van der Waals surface area contributed by atoms with Crippen LogP contribution in [0.5, 0.6) is 0 Å². The molecule has 3 aliphatic rings. The number of carboxylic acids is 1. The van der Waals surface area contributed by atoms with Crippen LogP contribution in [-0.4, -0.2) is 43.0 Å². The number of piperazine rings is 1. The summed E-state index contributed by atoms with van der Waals surface area (Å²) >= 11 is 0. The van der Waals surface area contributed by atoms with Crippen LogP contribution >= 0.6 is 0 Å². The van der Waals surface area contributed by atoms with Crippen molar-refractivity contribution in [2.75, 3.05) is 31.1 Å². The van der Waals surface area contributed by atoms with Crippen LogP contribution in [0.3, 0.4) is 0 Å². The van der Waals surface area contributed by atoms with Crippen LogP contribution in [0, 0.1) is 29.5 Å². The van der Waals surface area contributed by atoms with E-state index in [2.05, 4.69) is 4.90 Å². The van der Waals surface area contributed by atoms with Crippen molar-refractivity contribution in [1.29, 1.82) is 0 Å². The minimum atomic E-state index is -1.06. The monoisotopic (exact) mass is 345 g/mol. The van der Waals surface area contributed by atoms with E-state index in [0.29, 0.717) is 26.2 Å². The Morgan fingerprint density at radius 3 is 2.16 bits per heavy atom. The lowest BCUT2D eigenvalue weighted by atomic mass is 9.78. The van der Waals surface area contributed by atoms with E-state index in [1.165, 1.54) is 12.1 Å². The molecule has 134 valence electrons. The van der Waals surface area contributed by atoms with Gasteiger partial charge >= 0.3 is 0 Å². The Kier molecular flexibility index (Phi) is 4.13. The molecular weight excluding hydrogens is 323 g/mol. The van der Waals surface area contributed by atoms with Crippen LogP contribution < -0.4 is 10.0 Å². The molecule has 2 aliphatic carbocycles. The second kappa shape index (κ2) is 6.32. The summed E-state index contributed by atoms with van der Waals surface area (Å²) in [6.45, 7) is 2.50. The molecule has 4 atom stereocenters. The average molecular weight is 345 g/mol. The molecule has 1 aromatic rings. The van der Waals surface area contributed by atoms with Crippen molar-refractivity contribution in [3.63, 3.8) is 0 Å². The summed E-state index contributed by atoms with van der Waals surface area (Å²) < 4.78 is 13.0. The molecule has 2 saturated carbocycles. The van der Waals surface area contributed by atoms with Gasteiger partial charge in [-0.3, -0.25) is 4.79 Å². The maximum atomic E-state index is 13.0. The van der Waals surface area contributed by atoms with E-state index in [-0.39, 0.29) is 23.6 Å². The van der Waals surface area contributed by atoms with Gasteiger partial charge in [0.2, 0.25) is 5.91 Å². The molecule has 5 nitrogen and oxygen atoms in total. The zero-order valence-electron chi connectivity index (χ0n) is 14.1. The Bertz CT molecular complexity index is 670. The highest BCUT2D eigenvalue weighted by Gasteiger charge is 2.52. The lowest BCUT2D eigenvalue weighted by molar-refractivity contribution is -0.314. The maximum absolute atomic E-state index is 13.0. The largest absolute Gasteiger partial charge is 0.550 e. The van der Waals surface area contributed by atoms with Crippen molar-refractivity contribution in [2.45, 2.75) is 19.3 Å². The molecule has 0 spiro atoms. The SMILES string of the molecule is O=C([O-])[C@H]1[C@@H]2CC[C@H](C2)[C@@H]1C(=O)N1CCN(c2ccc(F)cc2)CC1. The van der Waals surface area contributed by atoms with Crippen molar-refractivity contribution < 1.29 is 19.1 Å². The number of carboxylic acid groups (broad SMARTS) is 1. The Balaban J connectivity index is 1.41. The predicted octanol–water partition coefficient (Wildman–Crippen LogP) is 0.886. The third-order valence-corrected chi connectivity index (χ3v) is 6.26. The van der Waals surface area contributed by atoms with E-state index >= 15 is 0 Å². The first-order chi connectivity index (χ1) is 12.0. The fourth-order valence-corrected chi connectivity index (χ4v) is 5.03. The van der Waals surface area contributed by atoms with E-state index in [9.17, 15) is 19.1 Å². The molecule has 1 saturated heterocycles. The summed E-state index contributed by atoms with van der Waals surface area (Å²) in [6, 6.07) is 6.36. The molecule has 1 aromatic carbocycles. The molecule has 2 bridgehead atoms. The maximum Gasteiger partial charge on any atom is 0.226 e. The van der Waals surface area contributed by atoms with Gasteiger partial charge in [0.05, 0.1) is 0 Å². The molecule has 0 aromatic heterocycles. The van der Waals surface area contributed by atoms with Crippen molar-refractivity contribution in [3.05, 3.63) is 30.1 Å². The lowest BCUT2D eigenvalue weighted by Crippen LogP contribution is -2.53. The number of carbonyl (C=O) groups excluding carboxylic acids is 2. The van der Waals surface area contributed by atoms with Crippen LogP contribution in [0.4, 0.5) is 10.1 Å². The van der Waals surface area contributed by atoms with Crippen molar-refractivity contribution in [3.8, 4) is 0 Å². The summed E-state index contributed by atoms with van der Waals surface area (Å²) in [7, 11) is 0. The number of benzene rings is 1. The molecule has 4 rings (SSSR count). The van der Waals surface area contributed by atoms with Crippen molar-refractivity contribution in [2.24, 2.45) is 23.7 Å². The third kappa shape index (κ3) is 2.87. The fourth-order valence-electron chi connectivity index (χ4n) is 5.03. The normalized spacial score (nSPS) is 31.4. The van der Waals surface area contributed by atoms with E-state index in [1.54, 1.807) is 17.0 Å². The van der Waals surface area contributed by atoms with Gasteiger partial charge in [0.15, 0.2) is 0 Å². The Morgan fingerprint density at radius 1 is 0.960 bits per heavy atom. The molecule has 3 fully saturated rings. The number of aliphatic carboxylic acids is 1. The zero-order valence-corrected chi connectivity index (χ0v) is 14.1. The molecular formula is C19H22FN2O3-. The fraction of sp³-hybridized carbons (Fsp3) is 0.579. The Morgan fingerprint density at radius 2 is 1.56 bits per heavy atom. The number of rotatable bonds is 3. The summed E-state index contributed by atoms with van der Waals surface area (Å²) in [5.41, 5.74) is 0.945. The second-order valence-electron chi connectivity index (χ2n) is 7.49.